The van der Waals surface area contributed by atoms with Gasteiger partial charge in [0.25, 0.3) is 5.91 Å². The third-order valence-electron chi connectivity index (χ3n) is 3.37. The van der Waals surface area contributed by atoms with Gasteiger partial charge in [0.15, 0.2) is 6.10 Å². The standard InChI is InChI=1S/C18H21NO2/c1-4-17(21-15-11-9-13(2)10-12-15)18(20)19-16-8-6-5-7-14(16)3/h5-12,17H,4H2,1-3H3,(H,19,20)/t17-/m1/s1. The summed E-state index contributed by atoms with van der Waals surface area (Å²) in [6, 6.07) is 15.4. The molecular weight excluding hydrogens is 262 g/mol. The van der Waals surface area contributed by atoms with Crippen LogP contribution in [-0.2, 0) is 4.79 Å². The number of para-hydroxylation sites is 1. The molecule has 3 heteroatoms. The maximum atomic E-state index is 12.3. The van der Waals surface area contributed by atoms with Gasteiger partial charge in [-0.2, -0.15) is 0 Å². The summed E-state index contributed by atoms with van der Waals surface area (Å²) < 4.78 is 5.78. The van der Waals surface area contributed by atoms with Crippen LogP contribution in [0.5, 0.6) is 5.75 Å². The second-order valence-electron chi connectivity index (χ2n) is 5.13. The van der Waals surface area contributed by atoms with Crippen LogP contribution in [0.25, 0.3) is 0 Å². The number of hydrogen-bond donors (Lipinski definition) is 1. The molecule has 1 amide bonds. The molecule has 0 aromatic heterocycles. The SMILES string of the molecule is CC[C@@H](Oc1ccc(C)cc1)C(=O)Nc1ccccc1C. The third-order valence-corrected chi connectivity index (χ3v) is 3.37. The Bertz CT molecular complexity index is 605. The smallest absolute Gasteiger partial charge is 0.265 e. The average molecular weight is 283 g/mol. The van der Waals surface area contributed by atoms with Gasteiger partial charge < -0.3 is 10.1 Å². The van der Waals surface area contributed by atoms with Crippen molar-refractivity contribution in [3.63, 3.8) is 0 Å². The van der Waals surface area contributed by atoms with Gasteiger partial charge in [0.05, 0.1) is 0 Å². The molecule has 0 aliphatic carbocycles. The maximum absolute atomic E-state index is 12.3. The van der Waals surface area contributed by atoms with Crippen molar-refractivity contribution in [2.24, 2.45) is 0 Å². The fraction of sp³-hybridized carbons (Fsp3) is 0.278. The summed E-state index contributed by atoms with van der Waals surface area (Å²) in [5.41, 5.74) is 3.03. The van der Waals surface area contributed by atoms with E-state index in [9.17, 15) is 4.79 Å². The van der Waals surface area contributed by atoms with Crippen molar-refractivity contribution >= 4 is 11.6 Å². The molecule has 0 saturated heterocycles. The first-order valence-electron chi connectivity index (χ1n) is 7.20. The van der Waals surface area contributed by atoms with E-state index in [2.05, 4.69) is 5.32 Å². The molecule has 1 N–H and O–H groups in total. The van der Waals surface area contributed by atoms with Gasteiger partial charge in [-0.05, 0) is 44.0 Å². The van der Waals surface area contributed by atoms with Crippen LogP contribution in [0.4, 0.5) is 5.69 Å². The summed E-state index contributed by atoms with van der Waals surface area (Å²) in [4.78, 5) is 12.3. The topological polar surface area (TPSA) is 38.3 Å². The van der Waals surface area contributed by atoms with Crippen molar-refractivity contribution in [2.75, 3.05) is 5.32 Å². The number of ether oxygens (including phenoxy) is 1. The number of rotatable bonds is 5. The van der Waals surface area contributed by atoms with Crippen LogP contribution in [0, 0.1) is 13.8 Å². The first kappa shape index (κ1) is 15.1. The average Bonchev–Trinajstić information content (AvgIpc) is 2.49. The summed E-state index contributed by atoms with van der Waals surface area (Å²) in [5, 5.41) is 2.93. The summed E-state index contributed by atoms with van der Waals surface area (Å²) in [5.74, 6) is 0.597. The summed E-state index contributed by atoms with van der Waals surface area (Å²) in [6.45, 7) is 5.93. The number of carbonyl (C=O) groups excluding carboxylic acids is 1. The lowest BCUT2D eigenvalue weighted by Crippen LogP contribution is -2.32. The Kier molecular flexibility index (Phi) is 4.99. The van der Waals surface area contributed by atoms with E-state index in [1.54, 1.807) is 0 Å². The van der Waals surface area contributed by atoms with Gasteiger partial charge in [0, 0.05) is 5.69 Å². The molecule has 0 unspecified atom stereocenters. The number of aryl methyl sites for hydroxylation is 2. The zero-order valence-corrected chi connectivity index (χ0v) is 12.7. The third kappa shape index (κ3) is 4.09. The molecule has 0 radical (unpaired) electrons. The Morgan fingerprint density at radius 3 is 2.38 bits per heavy atom. The zero-order valence-electron chi connectivity index (χ0n) is 12.7. The molecule has 21 heavy (non-hydrogen) atoms. The highest BCUT2D eigenvalue weighted by molar-refractivity contribution is 5.94. The number of nitrogens with one attached hydrogen (secondary N) is 1. The number of carbonyl (C=O) groups is 1. The van der Waals surface area contributed by atoms with Crippen LogP contribution in [0.15, 0.2) is 48.5 Å². The van der Waals surface area contributed by atoms with Crippen LogP contribution in [-0.4, -0.2) is 12.0 Å². The van der Waals surface area contributed by atoms with Crippen LogP contribution in [0.3, 0.4) is 0 Å². The quantitative estimate of drug-likeness (QED) is 0.897. The normalized spacial score (nSPS) is 11.8. The van der Waals surface area contributed by atoms with E-state index >= 15 is 0 Å². The highest BCUT2D eigenvalue weighted by Gasteiger charge is 2.18. The van der Waals surface area contributed by atoms with Gasteiger partial charge in [0.2, 0.25) is 0 Å². The second-order valence-corrected chi connectivity index (χ2v) is 5.13. The van der Waals surface area contributed by atoms with Crippen molar-refractivity contribution in [1.29, 1.82) is 0 Å². The molecular formula is C18H21NO2. The molecule has 0 aliphatic heterocycles. The molecule has 0 fully saturated rings. The predicted octanol–water partition coefficient (Wildman–Crippen LogP) is 4.10. The lowest BCUT2D eigenvalue weighted by molar-refractivity contribution is -0.122. The van der Waals surface area contributed by atoms with Crippen molar-refractivity contribution in [3.05, 3.63) is 59.7 Å². The van der Waals surface area contributed by atoms with Crippen LogP contribution in [0.1, 0.15) is 24.5 Å². The Balaban J connectivity index is 2.05. The van der Waals surface area contributed by atoms with Gasteiger partial charge in [-0.3, -0.25) is 4.79 Å². The lowest BCUT2D eigenvalue weighted by atomic mass is 10.2. The molecule has 2 rings (SSSR count). The van der Waals surface area contributed by atoms with Gasteiger partial charge in [0.1, 0.15) is 5.75 Å². The van der Waals surface area contributed by atoms with E-state index in [0.29, 0.717) is 12.2 Å². The Morgan fingerprint density at radius 2 is 1.76 bits per heavy atom. The van der Waals surface area contributed by atoms with E-state index in [1.807, 2.05) is 69.3 Å². The van der Waals surface area contributed by atoms with E-state index in [1.165, 1.54) is 5.56 Å². The van der Waals surface area contributed by atoms with E-state index < -0.39 is 6.10 Å². The van der Waals surface area contributed by atoms with E-state index in [-0.39, 0.29) is 5.91 Å². The summed E-state index contributed by atoms with van der Waals surface area (Å²) in [6.07, 6.45) is 0.123. The molecule has 0 heterocycles. The highest BCUT2D eigenvalue weighted by Crippen LogP contribution is 2.17. The molecule has 2 aromatic rings. The largest absolute Gasteiger partial charge is 0.481 e. The van der Waals surface area contributed by atoms with Crippen molar-refractivity contribution < 1.29 is 9.53 Å². The van der Waals surface area contributed by atoms with Crippen LogP contribution in [0.2, 0.25) is 0 Å². The van der Waals surface area contributed by atoms with Crippen molar-refractivity contribution in [2.45, 2.75) is 33.3 Å². The van der Waals surface area contributed by atoms with Gasteiger partial charge in [-0.25, -0.2) is 0 Å². The molecule has 1 atom stereocenters. The van der Waals surface area contributed by atoms with Crippen molar-refractivity contribution in [3.8, 4) is 5.75 Å². The maximum Gasteiger partial charge on any atom is 0.265 e. The molecule has 0 bridgehead atoms. The minimum absolute atomic E-state index is 0.118. The summed E-state index contributed by atoms with van der Waals surface area (Å²) >= 11 is 0. The minimum Gasteiger partial charge on any atom is -0.481 e. The number of hydrogen-bond acceptors (Lipinski definition) is 2. The minimum atomic E-state index is -0.493. The monoisotopic (exact) mass is 283 g/mol. The predicted molar refractivity (Wildman–Crippen MR) is 85.7 cm³/mol. The van der Waals surface area contributed by atoms with Crippen LogP contribution >= 0.6 is 0 Å². The molecule has 0 spiro atoms. The first-order valence-corrected chi connectivity index (χ1v) is 7.20. The fourth-order valence-electron chi connectivity index (χ4n) is 2.03. The highest BCUT2D eigenvalue weighted by atomic mass is 16.5. The molecule has 0 saturated carbocycles. The second kappa shape index (κ2) is 6.93. The molecule has 0 aliphatic rings. The van der Waals surface area contributed by atoms with E-state index in [4.69, 9.17) is 4.74 Å². The fourth-order valence-corrected chi connectivity index (χ4v) is 2.03. The summed E-state index contributed by atoms with van der Waals surface area (Å²) in [7, 11) is 0. The number of anilines is 1. The molecule has 2 aromatic carbocycles. The van der Waals surface area contributed by atoms with Crippen molar-refractivity contribution in [1.82, 2.24) is 0 Å². The van der Waals surface area contributed by atoms with E-state index in [0.717, 1.165) is 11.3 Å². The van der Waals surface area contributed by atoms with Gasteiger partial charge >= 0.3 is 0 Å². The first-order chi connectivity index (χ1) is 10.1. The number of amides is 1. The molecule has 3 nitrogen and oxygen atoms in total. The molecule has 110 valence electrons. The Labute approximate surface area is 126 Å². The van der Waals surface area contributed by atoms with Gasteiger partial charge in [-0.1, -0.05) is 42.8 Å². The lowest BCUT2D eigenvalue weighted by Gasteiger charge is -2.18. The zero-order chi connectivity index (χ0) is 15.2. The Hall–Kier alpha value is -2.29. The van der Waals surface area contributed by atoms with Crippen LogP contribution < -0.4 is 10.1 Å². The van der Waals surface area contributed by atoms with Gasteiger partial charge in [-0.15, -0.1) is 0 Å². The Morgan fingerprint density at radius 1 is 1.10 bits per heavy atom. The number of benzene rings is 2.